The second-order valence-electron chi connectivity index (χ2n) is 5.97. The Morgan fingerprint density at radius 3 is 2.55 bits per heavy atom. The summed E-state index contributed by atoms with van der Waals surface area (Å²) in [6.45, 7) is -0.269. The van der Waals surface area contributed by atoms with Crippen LogP contribution >= 0.6 is 22.9 Å². The van der Waals surface area contributed by atoms with E-state index in [0.717, 1.165) is 17.0 Å². The lowest BCUT2D eigenvalue weighted by Crippen LogP contribution is -2.37. The predicted octanol–water partition coefficient (Wildman–Crippen LogP) is 3.64. The maximum atomic E-state index is 12.9. The second kappa shape index (κ2) is 9.75. The molecule has 1 aromatic heterocycles. The van der Waals surface area contributed by atoms with Crippen LogP contribution in [0.15, 0.2) is 35.7 Å². The van der Waals surface area contributed by atoms with Crippen LogP contribution in [0.3, 0.4) is 0 Å². The van der Waals surface area contributed by atoms with Gasteiger partial charge in [0, 0.05) is 25.7 Å². The molecule has 0 saturated heterocycles. The average molecular weight is 448 g/mol. The molecule has 156 valence electrons. The number of anilines is 1. The molecule has 0 fully saturated rings. The molecule has 2 aromatic rings. The van der Waals surface area contributed by atoms with Crippen molar-refractivity contribution >= 4 is 46.3 Å². The van der Waals surface area contributed by atoms with Crippen molar-refractivity contribution < 1.29 is 27.6 Å². The van der Waals surface area contributed by atoms with Gasteiger partial charge in [0.05, 0.1) is 22.0 Å². The van der Waals surface area contributed by atoms with Gasteiger partial charge in [0.2, 0.25) is 11.8 Å². The molecule has 2 N–H and O–H groups in total. The largest absolute Gasteiger partial charge is 0.417 e. The summed E-state index contributed by atoms with van der Waals surface area (Å²) < 4.78 is 38.6. The monoisotopic (exact) mass is 447 g/mol. The number of hydrogen-bond acceptors (Lipinski definition) is 4. The van der Waals surface area contributed by atoms with E-state index >= 15 is 0 Å². The molecule has 0 saturated carbocycles. The molecular weight excluding hydrogens is 431 g/mol. The first-order chi connectivity index (χ1) is 13.6. The molecule has 0 aliphatic rings. The van der Waals surface area contributed by atoms with Gasteiger partial charge in [-0.25, -0.2) is 0 Å². The Morgan fingerprint density at radius 1 is 1.21 bits per heavy atom. The van der Waals surface area contributed by atoms with Crippen molar-refractivity contribution in [2.24, 2.45) is 0 Å². The highest BCUT2D eigenvalue weighted by Crippen LogP contribution is 2.36. The van der Waals surface area contributed by atoms with E-state index < -0.39 is 28.6 Å². The number of halogens is 4. The van der Waals surface area contributed by atoms with Gasteiger partial charge in [0.15, 0.2) is 0 Å². The lowest BCUT2D eigenvalue weighted by atomic mass is 10.2. The lowest BCUT2D eigenvalue weighted by molar-refractivity contribution is -0.137. The highest BCUT2D eigenvalue weighted by molar-refractivity contribution is 7.12. The van der Waals surface area contributed by atoms with Gasteiger partial charge in [-0.15, -0.1) is 11.3 Å². The number of carbonyl (C=O) groups excluding carboxylic acids is 3. The van der Waals surface area contributed by atoms with E-state index in [2.05, 4.69) is 10.6 Å². The summed E-state index contributed by atoms with van der Waals surface area (Å²) >= 11 is 6.80. The molecule has 6 nitrogen and oxygen atoms in total. The van der Waals surface area contributed by atoms with Crippen LogP contribution in [0.4, 0.5) is 18.9 Å². The third kappa shape index (κ3) is 6.75. The van der Waals surface area contributed by atoms with Crippen LogP contribution in [0.25, 0.3) is 0 Å². The van der Waals surface area contributed by atoms with Gasteiger partial charge < -0.3 is 15.5 Å². The highest BCUT2D eigenvalue weighted by atomic mass is 35.5. The van der Waals surface area contributed by atoms with E-state index in [9.17, 15) is 27.6 Å². The van der Waals surface area contributed by atoms with Gasteiger partial charge >= 0.3 is 6.18 Å². The first-order valence-corrected chi connectivity index (χ1v) is 9.56. The van der Waals surface area contributed by atoms with E-state index in [1.54, 1.807) is 17.5 Å². The summed E-state index contributed by atoms with van der Waals surface area (Å²) in [5.41, 5.74) is -1.15. The van der Waals surface area contributed by atoms with Crippen molar-refractivity contribution in [2.45, 2.75) is 12.6 Å². The number of thiophene rings is 1. The average Bonchev–Trinajstić information content (AvgIpc) is 3.16. The Balaban J connectivity index is 1.82. The minimum Gasteiger partial charge on any atom is -0.351 e. The number of alkyl halides is 3. The van der Waals surface area contributed by atoms with Crippen molar-refractivity contribution in [1.82, 2.24) is 10.2 Å². The summed E-state index contributed by atoms with van der Waals surface area (Å²) in [5, 5.41) is 6.17. The van der Waals surface area contributed by atoms with Crippen LogP contribution in [-0.4, -0.2) is 42.8 Å². The Hall–Kier alpha value is -2.59. The van der Waals surface area contributed by atoms with Gasteiger partial charge in [-0.3, -0.25) is 14.4 Å². The molecule has 0 radical (unpaired) electrons. The molecule has 3 amide bonds. The topological polar surface area (TPSA) is 78.5 Å². The molecule has 0 aliphatic carbocycles. The number of rotatable bonds is 7. The molecule has 11 heteroatoms. The van der Waals surface area contributed by atoms with Crippen LogP contribution in [-0.2, 0) is 15.8 Å². The molecule has 29 heavy (non-hydrogen) atoms. The fourth-order valence-corrected chi connectivity index (χ4v) is 3.16. The van der Waals surface area contributed by atoms with Crippen LogP contribution in [0, 0.1) is 0 Å². The first kappa shape index (κ1) is 22.7. The standard InChI is InChI=1S/C18H17ClF3N3O3S/c1-25(16(27)6-7-23-17(28)14-3-2-8-29-14)10-15(26)24-11-4-5-13(19)12(9-11)18(20,21)22/h2-5,8-9H,6-7,10H2,1H3,(H,23,28)(H,24,26). The minimum atomic E-state index is -4.65. The van der Waals surface area contributed by atoms with Crippen LogP contribution in [0.1, 0.15) is 21.7 Å². The summed E-state index contributed by atoms with van der Waals surface area (Å²) in [6.07, 6.45) is -4.68. The zero-order chi connectivity index (χ0) is 21.6. The van der Waals surface area contributed by atoms with Crippen molar-refractivity contribution in [3.63, 3.8) is 0 Å². The maximum absolute atomic E-state index is 12.9. The predicted molar refractivity (Wildman–Crippen MR) is 104 cm³/mol. The number of hydrogen-bond donors (Lipinski definition) is 2. The molecule has 0 spiro atoms. The Morgan fingerprint density at radius 2 is 1.93 bits per heavy atom. The van der Waals surface area contributed by atoms with Gasteiger partial charge in [-0.1, -0.05) is 17.7 Å². The number of likely N-dealkylation sites (N-methyl/N-ethyl adjacent to an activating group) is 1. The van der Waals surface area contributed by atoms with E-state index in [0.29, 0.717) is 4.88 Å². The van der Waals surface area contributed by atoms with Crippen LogP contribution in [0.5, 0.6) is 0 Å². The van der Waals surface area contributed by atoms with E-state index in [4.69, 9.17) is 11.6 Å². The van der Waals surface area contributed by atoms with Gasteiger partial charge in [-0.2, -0.15) is 13.2 Å². The Bertz CT molecular complexity index is 888. The van der Waals surface area contributed by atoms with E-state index in [1.165, 1.54) is 24.5 Å². The summed E-state index contributed by atoms with van der Waals surface area (Å²) in [7, 11) is 1.38. The van der Waals surface area contributed by atoms with Crippen LogP contribution in [0.2, 0.25) is 5.02 Å². The molecule has 0 bridgehead atoms. The fourth-order valence-electron chi connectivity index (χ4n) is 2.29. The van der Waals surface area contributed by atoms with E-state index in [1.807, 2.05) is 0 Å². The molecule has 0 atom stereocenters. The second-order valence-corrected chi connectivity index (χ2v) is 7.33. The quantitative estimate of drug-likeness (QED) is 0.680. The van der Waals surface area contributed by atoms with E-state index in [-0.39, 0.29) is 31.1 Å². The number of nitrogens with zero attached hydrogens (tertiary/aromatic N) is 1. The Labute approximate surface area is 173 Å². The third-order valence-corrected chi connectivity index (χ3v) is 4.93. The van der Waals surface area contributed by atoms with Crippen LogP contribution < -0.4 is 10.6 Å². The number of carbonyl (C=O) groups is 3. The third-order valence-electron chi connectivity index (χ3n) is 3.73. The summed E-state index contributed by atoms with van der Waals surface area (Å²) in [6, 6.07) is 6.37. The summed E-state index contributed by atoms with van der Waals surface area (Å²) in [4.78, 5) is 37.5. The maximum Gasteiger partial charge on any atom is 0.417 e. The van der Waals surface area contributed by atoms with Gasteiger partial charge in [0.25, 0.3) is 5.91 Å². The highest BCUT2D eigenvalue weighted by Gasteiger charge is 2.33. The van der Waals surface area contributed by atoms with Crippen molar-refractivity contribution in [3.8, 4) is 0 Å². The normalized spacial score (nSPS) is 11.1. The molecular formula is C18H17ClF3N3O3S. The molecule has 1 heterocycles. The zero-order valence-electron chi connectivity index (χ0n) is 15.2. The number of benzene rings is 1. The molecule has 2 rings (SSSR count). The van der Waals surface area contributed by atoms with Gasteiger partial charge in [-0.05, 0) is 29.6 Å². The first-order valence-electron chi connectivity index (χ1n) is 8.30. The SMILES string of the molecule is CN(CC(=O)Nc1ccc(Cl)c(C(F)(F)F)c1)C(=O)CCNC(=O)c1cccs1. The van der Waals surface area contributed by atoms with Gasteiger partial charge in [0.1, 0.15) is 0 Å². The number of amides is 3. The minimum absolute atomic E-state index is 0.0277. The van der Waals surface area contributed by atoms with Crippen molar-refractivity contribution in [2.75, 3.05) is 25.5 Å². The fraction of sp³-hybridized carbons (Fsp3) is 0.278. The number of nitrogens with one attached hydrogen (secondary N) is 2. The van der Waals surface area contributed by atoms with Crippen molar-refractivity contribution in [1.29, 1.82) is 0 Å². The molecule has 0 aliphatic heterocycles. The Kier molecular flexibility index (Phi) is 7.63. The molecule has 1 aromatic carbocycles. The molecule has 0 unspecified atom stereocenters. The lowest BCUT2D eigenvalue weighted by Gasteiger charge is -2.17. The van der Waals surface area contributed by atoms with Crippen molar-refractivity contribution in [3.05, 3.63) is 51.2 Å². The zero-order valence-corrected chi connectivity index (χ0v) is 16.7. The smallest absolute Gasteiger partial charge is 0.351 e. The summed E-state index contributed by atoms with van der Waals surface area (Å²) in [5.74, 6) is -1.37.